The highest BCUT2D eigenvalue weighted by atomic mass is 15.3. The van der Waals surface area contributed by atoms with Crippen LogP contribution in [-0.4, -0.2) is 20.6 Å². The Morgan fingerprint density at radius 1 is 1.90 bits per heavy atom. The third kappa shape index (κ3) is 0.975. The molecule has 1 heterocycles. The van der Waals surface area contributed by atoms with Gasteiger partial charge in [0.25, 0.3) is 0 Å². The van der Waals surface area contributed by atoms with E-state index in [0.717, 1.165) is 0 Å². The number of aromatic nitrogens is 3. The molecule has 0 amide bonds. The van der Waals surface area contributed by atoms with Gasteiger partial charge in [-0.2, -0.15) is 5.10 Å². The summed E-state index contributed by atoms with van der Waals surface area (Å²) in [6.07, 6.45) is 1.39. The summed E-state index contributed by atoms with van der Waals surface area (Å²) in [6, 6.07) is 0. The van der Waals surface area contributed by atoms with Gasteiger partial charge in [-0.3, -0.25) is 5.41 Å². The van der Waals surface area contributed by atoms with Crippen molar-refractivity contribution in [2.75, 3.05) is 0 Å². The highest BCUT2D eigenvalue weighted by Crippen LogP contribution is 1.90. The molecule has 10 heavy (non-hydrogen) atoms. The molecule has 0 atom stereocenters. The number of hydrogen-bond donors (Lipinski definition) is 2. The second kappa shape index (κ2) is 2.47. The van der Waals surface area contributed by atoms with Crippen LogP contribution >= 0.6 is 0 Å². The molecule has 0 aromatic carbocycles. The maximum absolute atomic E-state index is 7.05. The lowest BCUT2D eigenvalue weighted by Crippen LogP contribution is -2.18. The van der Waals surface area contributed by atoms with E-state index in [1.807, 2.05) is 6.92 Å². The minimum Gasteiger partial charge on any atom is -0.381 e. The first-order valence-corrected chi connectivity index (χ1v) is 2.98. The summed E-state index contributed by atoms with van der Waals surface area (Å²) in [6.45, 7) is 2.61. The van der Waals surface area contributed by atoms with Gasteiger partial charge in [-0.1, -0.05) is 0 Å². The van der Waals surface area contributed by atoms with E-state index >= 15 is 0 Å². The minimum atomic E-state index is -0.0423. The quantitative estimate of drug-likeness (QED) is 0.431. The molecular formula is C5H9N5. The smallest absolute Gasteiger partial charge is 0.193 e. The summed E-state index contributed by atoms with van der Waals surface area (Å²) < 4.78 is 1.57. The average molecular weight is 139 g/mol. The Bertz CT molecular complexity index is 238. The first kappa shape index (κ1) is 6.73. The fourth-order valence-corrected chi connectivity index (χ4v) is 0.704. The molecule has 0 saturated heterocycles. The van der Waals surface area contributed by atoms with Crippen molar-refractivity contribution in [2.45, 2.75) is 13.5 Å². The van der Waals surface area contributed by atoms with Crippen LogP contribution in [-0.2, 0) is 6.54 Å². The summed E-state index contributed by atoms with van der Waals surface area (Å²) >= 11 is 0. The van der Waals surface area contributed by atoms with E-state index in [4.69, 9.17) is 11.1 Å². The Morgan fingerprint density at radius 2 is 2.60 bits per heavy atom. The zero-order chi connectivity index (χ0) is 7.56. The predicted octanol–water partition coefficient (Wildman–Crippen LogP) is -0.418. The van der Waals surface area contributed by atoms with Gasteiger partial charge in [0.1, 0.15) is 6.33 Å². The molecule has 0 aliphatic heterocycles. The number of nitrogens with two attached hydrogens (primary N) is 1. The van der Waals surface area contributed by atoms with Gasteiger partial charge >= 0.3 is 0 Å². The zero-order valence-corrected chi connectivity index (χ0v) is 5.70. The molecule has 0 spiro atoms. The maximum Gasteiger partial charge on any atom is 0.193 e. The van der Waals surface area contributed by atoms with Crippen LogP contribution < -0.4 is 5.73 Å². The number of rotatable bonds is 2. The van der Waals surface area contributed by atoms with Crippen molar-refractivity contribution < 1.29 is 0 Å². The molecule has 0 fully saturated rings. The summed E-state index contributed by atoms with van der Waals surface area (Å²) in [5.41, 5.74) is 5.19. The van der Waals surface area contributed by atoms with Gasteiger partial charge in [0.15, 0.2) is 11.7 Å². The average Bonchev–Trinajstić information content (AvgIpc) is 2.33. The second-order valence-corrected chi connectivity index (χ2v) is 1.81. The van der Waals surface area contributed by atoms with E-state index in [-0.39, 0.29) is 5.84 Å². The molecule has 5 heteroatoms. The molecule has 0 bridgehead atoms. The van der Waals surface area contributed by atoms with Crippen LogP contribution in [0.2, 0.25) is 0 Å². The van der Waals surface area contributed by atoms with Crippen molar-refractivity contribution in [3.8, 4) is 0 Å². The third-order valence-corrected chi connectivity index (χ3v) is 1.16. The first-order chi connectivity index (χ1) is 4.75. The number of nitrogens with zero attached hydrogens (tertiary/aromatic N) is 3. The van der Waals surface area contributed by atoms with Crippen molar-refractivity contribution in [3.05, 3.63) is 12.2 Å². The zero-order valence-electron chi connectivity index (χ0n) is 5.70. The van der Waals surface area contributed by atoms with Gasteiger partial charge in [-0.05, 0) is 6.92 Å². The summed E-state index contributed by atoms with van der Waals surface area (Å²) in [4.78, 5) is 3.79. The molecule has 54 valence electrons. The normalized spacial score (nSPS) is 9.70. The van der Waals surface area contributed by atoms with Crippen molar-refractivity contribution in [1.82, 2.24) is 14.8 Å². The fraction of sp³-hybridized carbons (Fsp3) is 0.400. The minimum absolute atomic E-state index is 0.0423. The van der Waals surface area contributed by atoms with E-state index in [2.05, 4.69) is 10.1 Å². The van der Waals surface area contributed by atoms with Crippen LogP contribution in [0.1, 0.15) is 12.7 Å². The number of aryl methyl sites for hydroxylation is 1. The van der Waals surface area contributed by atoms with Gasteiger partial charge in [0.2, 0.25) is 0 Å². The van der Waals surface area contributed by atoms with Gasteiger partial charge in [0.05, 0.1) is 0 Å². The molecule has 0 radical (unpaired) electrons. The summed E-state index contributed by atoms with van der Waals surface area (Å²) in [7, 11) is 0. The third-order valence-electron chi connectivity index (χ3n) is 1.16. The molecule has 1 rings (SSSR count). The summed E-state index contributed by atoms with van der Waals surface area (Å²) in [5.74, 6) is 0.391. The monoisotopic (exact) mass is 139 g/mol. The van der Waals surface area contributed by atoms with Crippen LogP contribution in [0, 0.1) is 5.41 Å². The molecule has 5 nitrogen and oxygen atoms in total. The lowest BCUT2D eigenvalue weighted by molar-refractivity contribution is 0.650. The van der Waals surface area contributed by atoms with Crippen LogP contribution in [0.4, 0.5) is 0 Å². The van der Waals surface area contributed by atoms with Crippen molar-refractivity contribution in [2.24, 2.45) is 5.73 Å². The number of hydrogen-bond acceptors (Lipinski definition) is 3. The van der Waals surface area contributed by atoms with Crippen molar-refractivity contribution >= 4 is 5.84 Å². The van der Waals surface area contributed by atoms with Crippen LogP contribution in [0.5, 0.6) is 0 Å². The number of nitrogen functional groups attached to an aromatic ring is 1. The second-order valence-electron chi connectivity index (χ2n) is 1.81. The molecule has 3 N–H and O–H groups in total. The predicted molar refractivity (Wildman–Crippen MR) is 36.7 cm³/mol. The lowest BCUT2D eigenvalue weighted by atomic mass is 10.5. The Hall–Kier alpha value is -1.39. The van der Waals surface area contributed by atoms with Crippen molar-refractivity contribution in [3.63, 3.8) is 0 Å². The fourth-order valence-electron chi connectivity index (χ4n) is 0.704. The SMILES string of the molecule is CCn1ncnc1C(=N)N. The molecule has 0 aliphatic carbocycles. The van der Waals surface area contributed by atoms with Crippen LogP contribution in [0.15, 0.2) is 6.33 Å². The standard InChI is InChI=1S/C5H9N5/c1-2-10-5(4(6)7)8-3-9-10/h3H,2H2,1H3,(H3,6,7). The lowest BCUT2D eigenvalue weighted by Gasteiger charge is -1.97. The topological polar surface area (TPSA) is 80.6 Å². The van der Waals surface area contributed by atoms with Crippen LogP contribution in [0.25, 0.3) is 0 Å². The Kier molecular flexibility index (Phi) is 1.66. The van der Waals surface area contributed by atoms with Gasteiger partial charge in [0, 0.05) is 6.54 Å². The number of nitrogens with one attached hydrogen (secondary N) is 1. The molecule has 0 aliphatic rings. The highest BCUT2D eigenvalue weighted by Gasteiger charge is 2.03. The van der Waals surface area contributed by atoms with E-state index in [1.165, 1.54) is 6.33 Å². The van der Waals surface area contributed by atoms with E-state index in [9.17, 15) is 0 Å². The van der Waals surface area contributed by atoms with E-state index < -0.39 is 0 Å². The Morgan fingerprint density at radius 3 is 3.00 bits per heavy atom. The van der Waals surface area contributed by atoms with Gasteiger partial charge < -0.3 is 5.73 Å². The Labute approximate surface area is 58.4 Å². The molecule has 1 aromatic heterocycles. The van der Waals surface area contributed by atoms with Crippen LogP contribution in [0.3, 0.4) is 0 Å². The van der Waals surface area contributed by atoms with Gasteiger partial charge in [-0.15, -0.1) is 0 Å². The van der Waals surface area contributed by atoms with E-state index in [0.29, 0.717) is 12.4 Å². The van der Waals surface area contributed by atoms with Crippen molar-refractivity contribution in [1.29, 1.82) is 5.41 Å². The maximum atomic E-state index is 7.05. The molecular weight excluding hydrogens is 130 g/mol. The first-order valence-electron chi connectivity index (χ1n) is 2.98. The molecule has 1 aromatic rings. The van der Waals surface area contributed by atoms with Gasteiger partial charge in [-0.25, -0.2) is 9.67 Å². The highest BCUT2D eigenvalue weighted by molar-refractivity contribution is 5.91. The van der Waals surface area contributed by atoms with E-state index in [1.54, 1.807) is 4.68 Å². The number of amidine groups is 1. The molecule has 0 saturated carbocycles. The summed E-state index contributed by atoms with van der Waals surface area (Å²) in [5, 5.41) is 10.9. The molecule has 0 unspecified atom stereocenters. The largest absolute Gasteiger partial charge is 0.381 e. The Balaban J connectivity index is 3.01.